The van der Waals surface area contributed by atoms with Gasteiger partial charge in [0.15, 0.2) is 0 Å². The van der Waals surface area contributed by atoms with Crippen LogP contribution in [0.5, 0.6) is 0 Å². The quantitative estimate of drug-likeness (QED) is 0.573. The molecule has 4 rings (SSSR count). The highest BCUT2D eigenvalue weighted by Gasteiger charge is 2.33. The smallest absolute Gasteiger partial charge is 0.257 e. The fourth-order valence-electron chi connectivity index (χ4n) is 3.57. The van der Waals surface area contributed by atoms with Crippen LogP contribution in [0, 0.1) is 6.92 Å². The lowest BCUT2D eigenvalue weighted by Crippen LogP contribution is -2.50. The molecule has 1 aliphatic rings. The second-order valence-electron chi connectivity index (χ2n) is 7.14. The van der Waals surface area contributed by atoms with Crippen molar-refractivity contribution in [3.8, 4) is 5.69 Å². The van der Waals surface area contributed by atoms with Crippen molar-refractivity contribution in [2.75, 3.05) is 26.2 Å². The highest BCUT2D eigenvalue weighted by atomic mass is 35.5. The number of benzene rings is 2. The van der Waals surface area contributed by atoms with E-state index < -0.39 is 10.0 Å². The molecular formula is C21H20Cl2N4O3S. The Morgan fingerprint density at radius 1 is 0.968 bits per heavy atom. The first-order chi connectivity index (χ1) is 14.8. The maximum absolute atomic E-state index is 13.1. The summed E-state index contributed by atoms with van der Waals surface area (Å²) in [7, 11) is -3.81. The van der Waals surface area contributed by atoms with Crippen molar-refractivity contribution >= 4 is 39.1 Å². The highest BCUT2D eigenvalue weighted by molar-refractivity contribution is 7.89. The van der Waals surface area contributed by atoms with Crippen molar-refractivity contribution in [2.24, 2.45) is 0 Å². The molecule has 162 valence electrons. The first-order valence-electron chi connectivity index (χ1n) is 9.64. The Morgan fingerprint density at radius 2 is 1.65 bits per heavy atom. The molecule has 0 aliphatic carbocycles. The number of aromatic nitrogens is 2. The first kappa shape index (κ1) is 21.8. The molecule has 31 heavy (non-hydrogen) atoms. The number of carbonyl (C=O) groups excluding carboxylic acids is 1. The van der Waals surface area contributed by atoms with Gasteiger partial charge in [-0.15, -0.1) is 0 Å². The molecule has 1 amide bonds. The maximum atomic E-state index is 13.1. The number of carbonyl (C=O) groups is 1. The molecule has 0 N–H and O–H groups in total. The Balaban J connectivity index is 1.49. The summed E-state index contributed by atoms with van der Waals surface area (Å²) >= 11 is 12.1. The van der Waals surface area contributed by atoms with Crippen LogP contribution in [0.3, 0.4) is 0 Å². The van der Waals surface area contributed by atoms with Gasteiger partial charge in [0.25, 0.3) is 5.91 Å². The summed E-state index contributed by atoms with van der Waals surface area (Å²) in [5.41, 5.74) is 2.10. The van der Waals surface area contributed by atoms with Gasteiger partial charge in [0.2, 0.25) is 10.0 Å². The summed E-state index contributed by atoms with van der Waals surface area (Å²) in [6.07, 6.45) is 1.56. The summed E-state index contributed by atoms with van der Waals surface area (Å²) in [6.45, 7) is 2.72. The van der Waals surface area contributed by atoms with E-state index in [2.05, 4.69) is 5.10 Å². The molecule has 10 heteroatoms. The van der Waals surface area contributed by atoms with Crippen LogP contribution < -0.4 is 0 Å². The lowest BCUT2D eigenvalue weighted by atomic mass is 10.2. The molecule has 1 saturated heterocycles. The zero-order valence-corrected chi connectivity index (χ0v) is 19.0. The molecule has 0 bridgehead atoms. The summed E-state index contributed by atoms with van der Waals surface area (Å²) in [5.74, 6) is -0.169. The van der Waals surface area contributed by atoms with Crippen molar-refractivity contribution in [1.29, 1.82) is 0 Å². The lowest BCUT2D eigenvalue weighted by molar-refractivity contribution is 0.0697. The van der Waals surface area contributed by atoms with Crippen molar-refractivity contribution in [2.45, 2.75) is 11.8 Å². The Kier molecular flexibility index (Phi) is 6.07. The lowest BCUT2D eigenvalue weighted by Gasteiger charge is -2.34. The van der Waals surface area contributed by atoms with E-state index in [-0.39, 0.29) is 47.0 Å². The van der Waals surface area contributed by atoms with Crippen molar-refractivity contribution in [3.05, 3.63) is 76.0 Å². The molecule has 1 fully saturated rings. The number of para-hydroxylation sites is 1. The first-order valence-corrected chi connectivity index (χ1v) is 11.8. The van der Waals surface area contributed by atoms with E-state index in [0.29, 0.717) is 5.56 Å². The Bertz CT molecular complexity index is 1220. The predicted molar refractivity (Wildman–Crippen MR) is 119 cm³/mol. The average molecular weight is 479 g/mol. The largest absolute Gasteiger partial charge is 0.336 e. The van der Waals surface area contributed by atoms with Crippen molar-refractivity contribution in [3.63, 3.8) is 0 Å². The summed E-state index contributed by atoms with van der Waals surface area (Å²) < 4.78 is 29.0. The van der Waals surface area contributed by atoms with Gasteiger partial charge in [-0.05, 0) is 31.2 Å². The average Bonchev–Trinajstić information content (AvgIpc) is 3.17. The minimum atomic E-state index is -3.81. The second-order valence-corrected chi connectivity index (χ2v) is 9.83. The van der Waals surface area contributed by atoms with Crippen molar-refractivity contribution < 1.29 is 13.2 Å². The standard InChI is InChI=1S/C21H20Cl2N4O3S/c1-15-17(14-24-27(15)16-6-3-2-4-7-16)21(28)25-10-12-26(13-11-25)31(29,30)19-9-5-8-18(22)20(19)23/h2-9,14H,10-13H2,1H3. The van der Waals surface area contributed by atoms with Crippen LogP contribution in [-0.2, 0) is 10.0 Å². The van der Waals surface area contributed by atoms with E-state index in [1.165, 1.54) is 16.4 Å². The Hall–Kier alpha value is -2.39. The number of sulfonamides is 1. The van der Waals surface area contributed by atoms with Gasteiger partial charge in [0.1, 0.15) is 4.90 Å². The summed E-state index contributed by atoms with van der Waals surface area (Å²) in [4.78, 5) is 14.7. The topological polar surface area (TPSA) is 75.5 Å². The van der Waals surface area contributed by atoms with Gasteiger partial charge < -0.3 is 4.90 Å². The highest BCUT2D eigenvalue weighted by Crippen LogP contribution is 2.31. The van der Waals surface area contributed by atoms with Crippen molar-refractivity contribution in [1.82, 2.24) is 19.0 Å². The van der Waals surface area contributed by atoms with Gasteiger partial charge in [-0.2, -0.15) is 9.40 Å². The minimum absolute atomic E-state index is 0.00613. The molecule has 0 spiro atoms. The van der Waals surface area contributed by atoms with E-state index in [1.54, 1.807) is 21.8 Å². The second kappa shape index (κ2) is 8.63. The number of amides is 1. The summed E-state index contributed by atoms with van der Waals surface area (Å²) in [6, 6.07) is 14.1. The number of nitrogens with zero attached hydrogens (tertiary/aromatic N) is 4. The third-order valence-electron chi connectivity index (χ3n) is 5.30. The van der Waals surface area contributed by atoms with Gasteiger partial charge in [0.05, 0.1) is 33.2 Å². The number of piperazine rings is 1. The van der Waals surface area contributed by atoms with Crippen LogP contribution in [0.1, 0.15) is 16.1 Å². The van der Waals surface area contributed by atoms with Gasteiger partial charge in [-0.1, -0.05) is 47.5 Å². The zero-order valence-electron chi connectivity index (χ0n) is 16.7. The van der Waals surface area contributed by atoms with Gasteiger partial charge >= 0.3 is 0 Å². The number of hydrogen-bond donors (Lipinski definition) is 0. The molecule has 0 unspecified atom stereocenters. The van der Waals surface area contributed by atoms with E-state index in [9.17, 15) is 13.2 Å². The molecule has 0 atom stereocenters. The van der Waals surface area contributed by atoms with Crippen LogP contribution in [0.25, 0.3) is 5.69 Å². The third-order valence-corrected chi connectivity index (χ3v) is 8.17. The van der Waals surface area contributed by atoms with Crippen LogP contribution in [0.2, 0.25) is 10.0 Å². The van der Waals surface area contributed by atoms with E-state index >= 15 is 0 Å². The molecule has 1 aromatic heterocycles. The molecular weight excluding hydrogens is 459 g/mol. The monoisotopic (exact) mass is 478 g/mol. The molecule has 2 aromatic carbocycles. The maximum Gasteiger partial charge on any atom is 0.257 e. The normalized spacial score (nSPS) is 15.3. The molecule has 1 aliphatic heterocycles. The van der Waals surface area contributed by atoms with E-state index in [0.717, 1.165) is 11.4 Å². The van der Waals surface area contributed by atoms with Crippen LogP contribution >= 0.6 is 23.2 Å². The fourth-order valence-corrected chi connectivity index (χ4v) is 5.73. The number of rotatable bonds is 4. The number of hydrogen-bond acceptors (Lipinski definition) is 4. The van der Waals surface area contributed by atoms with E-state index in [1.807, 2.05) is 37.3 Å². The van der Waals surface area contributed by atoms with Gasteiger partial charge in [-0.25, -0.2) is 13.1 Å². The van der Waals surface area contributed by atoms with Crippen LogP contribution in [0.15, 0.2) is 59.6 Å². The molecule has 2 heterocycles. The minimum Gasteiger partial charge on any atom is -0.336 e. The van der Waals surface area contributed by atoms with Crippen LogP contribution in [0.4, 0.5) is 0 Å². The Labute approximate surface area is 190 Å². The van der Waals surface area contributed by atoms with E-state index in [4.69, 9.17) is 23.2 Å². The fraction of sp³-hybridized carbons (Fsp3) is 0.238. The SMILES string of the molecule is Cc1c(C(=O)N2CCN(S(=O)(=O)c3cccc(Cl)c3Cl)CC2)cnn1-c1ccccc1. The third kappa shape index (κ3) is 4.08. The van der Waals surface area contributed by atoms with Gasteiger partial charge in [0, 0.05) is 26.2 Å². The molecule has 3 aromatic rings. The Morgan fingerprint density at radius 3 is 2.32 bits per heavy atom. The molecule has 0 saturated carbocycles. The zero-order chi connectivity index (χ0) is 22.2. The molecule has 7 nitrogen and oxygen atoms in total. The number of halogens is 2. The molecule has 0 radical (unpaired) electrons. The predicted octanol–water partition coefficient (Wildman–Crippen LogP) is 3.63. The summed E-state index contributed by atoms with van der Waals surface area (Å²) in [5, 5.41) is 4.54. The van der Waals surface area contributed by atoms with Crippen LogP contribution in [-0.4, -0.2) is 59.5 Å². The van der Waals surface area contributed by atoms with Gasteiger partial charge in [-0.3, -0.25) is 4.79 Å².